The molecule has 1 aliphatic carbocycles. The largest absolute Gasteiger partial charge is 0.497 e. The summed E-state index contributed by atoms with van der Waals surface area (Å²) in [4.78, 5) is 27.8. The predicted octanol–water partition coefficient (Wildman–Crippen LogP) is 2.96. The number of carbonyl (C=O) groups is 2. The minimum absolute atomic E-state index is 0.0124. The molecule has 2 amide bonds. The van der Waals surface area contributed by atoms with Gasteiger partial charge in [-0.25, -0.2) is 0 Å². The van der Waals surface area contributed by atoms with Crippen molar-refractivity contribution in [2.75, 3.05) is 33.9 Å². The van der Waals surface area contributed by atoms with Gasteiger partial charge in [0.1, 0.15) is 11.5 Å². The van der Waals surface area contributed by atoms with E-state index in [1.165, 1.54) is 0 Å². The van der Waals surface area contributed by atoms with Gasteiger partial charge in [0.2, 0.25) is 11.8 Å². The SMILES string of the molecule is CCCNC(=O)[C@@H]1CN(C(=O)C2CCCC2)C[C@@H]1c1cc(OC)ccc1OC. The summed E-state index contributed by atoms with van der Waals surface area (Å²) < 4.78 is 11.0. The Hall–Kier alpha value is -2.24. The highest BCUT2D eigenvalue weighted by atomic mass is 16.5. The van der Waals surface area contributed by atoms with Gasteiger partial charge in [0.15, 0.2) is 0 Å². The van der Waals surface area contributed by atoms with Crippen molar-refractivity contribution in [1.29, 1.82) is 0 Å². The third kappa shape index (κ3) is 4.26. The van der Waals surface area contributed by atoms with Gasteiger partial charge in [-0.1, -0.05) is 19.8 Å². The Balaban J connectivity index is 1.89. The molecule has 1 N–H and O–H groups in total. The van der Waals surface area contributed by atoms with Crippen molar-refractivity contribution in [2.24, 2.45) is 11.8 Å². The fourth-order valence-electron chi connectivity index (χ4n) is 4.50. The lowest BCUT2D eigenvalue weighted by Gasteiger charge is -2.21. The first-order valence-corrected chi connectivity index (χ1v) is 10.4. The highest BCUT2D eigenvalue weighted by Crippen LogP contribution is 2.40. The van der Waals surface area contributed by atoms with E-state index in [0.717, 1.165) is 49.2 Å². The van der Waals surface area contributed by atoms with Gasteiger partial charge in [0, 0.05) is 37.0 Å². The molecule has 2 aliphatic rings. The summed E-state index contributed by atoms with van der Waals surface area (Å²) in [7, 11) is 3.26. The molecule has 0 aromatic heterocycles. The molecule has 1 heterocycles. The van der Waals surface area contributed by atoms with Crippen LogP contribution >= 0.6 is 0 Å². The van der Waals surface area contributed by atoms with Crippen LogP contribution in [0.25, 0.3) is 0 Å². The lowest BCUT2D eigenvalue weighted by Crippen LogP contribution is -2.37. The molecule has 0 radical (unpaired) electrons. The van der Waals surface area contributed by atoms with Crippen molar-refractivity contribution >= 4 is 11.8 Å². The van der Waals surface area contributed by atoms with Crippen molar-refractivity contribution in [3.8, 4) is 11.5 Å². The maximum absolute atomic E-state index is 13.0. The molecule has 1 saturated heterocycles. The van der Waals surface area contributed by atoms with Crippen LogP contribution in [0.5, 0.6) is 11.5 Å². The number of carbonyl (C=O) groups excluding carboxylic acids is 2. The lowest BCUT2D eigenvalue weighted by molar-refractivity contribution is -0.134. The Morgan fingerprint density at radius 3 is 2.54 bits per heavy atom. The highest BCUT2D eigenvalue weighted by molar-refractivity contribution is 5.84. The van der Waals surface area contributed by atoms with Gasteiger partial charge in [-0.2, -0.15) is 0 Å². The van der Waals surface area contributed by atoms with Crippen molar-refractivity contribution < 1.29 is 19.1 Å². The molecular formula is C22H32N2O4. The molecule has 2 atom stereocenters. The van der Waals surface area contributed by atoms with Gasteiger partial charge < -0.3 is 19.7 Å². The molecule has 154 valence electrons. The fraction of sp³-hybridized carbons (Fsp3) is 0.636. The van der Waals surface area contributed by atoms with E-state index in [1.54, 1.807) is 14.2 Å². The summed E-state index contributed by atoms with van der Waals surface area (Å²) in [5.74, 6) is 1.41. The minimum atomic E-state index is -0.280. The summed E-state index contributed by atoms with van der Waals surface area (Å²) in [6, 6.07) is 5.66. The number of nitrogens with zero attached hydrogens (tertiary/aromatic N) is 1. The number of hydrogen-bond donors (Lipinski definition) is 1. The van der Waals surface area contributed by atoms with Gasteiger partial charge in [0.25, 0.3) is 0 Å². The number of nitrogens with one attached hydrogen (secondary N) is 1. The van der Waals surface area contributed by atoms with Gasteiger partial charge >= 0.3 is 0 Å². The van der Waals surface area contributed by atoms with Crippen LogP contribution in [0.4, 0.5) is 0 Å². The third-order valence-electron chi connectivity index (χ3n) is 6.06. The number of amides is 2. The first kappa shape index (κ1) is 20.5. The maximum Gasteiger partial charge on any atom is 0.225 e. The Morgan fingerprint density at radius 1 is 1.14 bits per heavy atom. The van der Waals surface area contributed by atoms with Crippen LogP contribution in [0.15, 0.2) is 18.2 Å². The summed E-state index contributed by atoms with van der Waals surface area (Å²) in [5, 5.41) is 3.02. The van der Waals surface area contributed by atoms with Crippen LogP contribution in [0.3, 0.4) is 0 Å². The minimum Gasteiger partial charge on any atom is -0.497 e. The predicted molar refractivity (Wildman–Crippen MR) is 108 cm³/mol. The number of benzene rings is 1. The highest BCUT2D eigenvalue weighted by Gasteiger charge is 2.43. The molecule has 0 unspecified atom stereocenters. The molecule has 28 heavy (non-hydrogen) atoms. The van der Waals surface area contributed by atoms with Crippen LogP contribution in [0.2, 0.25) is 0 Å². The standard InChI is InChI=1S/C22H32N2O4/c1-4-11-23-21(25)19-14-24(22(26)15-7-5-6-8-15)13-18(19)17-12-16(27-2)9-10-20(17)28-3/h9-10,12,15,18-19H,4-8,11,13-14H2,1-3H3,(H,23,25)/t18-,19-/m1/s1. The maximum atomic E-state index is 13.0. The van der Waals surface area contributed by atoms with E-state index in [2.05, 4.69) is 5.32 Å². The van der Waals surface area contributed by atoms with Crippen LogP contribution in [0, 0.1) is 11.8 Å². The average Bonchev–Trinajstić information content (AvgIpc) is 3.41. The summed E-state index contributed by atoms with van der Waals surface area (Å²) in [6.45, 7) is 3.69. The lowest BCUT2D eigenvalue weighted by atomic mass is 9.87. The zero-order valence-electron chi connectivity index (χ0n) is 17.2. The van der Waals surface area contributed by atoms with E-state index in [1.807, 2.05) is 30.0 Å². The van der Waals surface area contributed by atoms with E-state index >= 15 is 0 Å². The van der Waals surface area contributed by atoms with Gasteiger partial charge in [-0.3, -0.25) is 9.59 Å². The van der Waals surface area contributed by atoms with Crippen LogP contribution < -0.4 is 14.8 Å². The molecule has 1 aromatic rings. The second-order valence-corrected chi connectivity index (χ2v) is 7.84. The van der Waals surface area contributed by atoms with E-state index in [0.29, 0.717) is 19.6 Å². The molecule has 0 bridgehead atoms. The second-order valence-electron chi connectivity index (χ2n) is 7.84. The normalized spacial score (nSPS) is 22.3. The Bertz CT molecular complexity index is 700. The smallest absolute Gasteiger partial charge is 0.225 e. The van der Waals surface area contributed by atoms with E-state index < -0.39 is 0 Å². The van der Waals surface area contributed by atoms with Crippen molar-refractivity contribution in [3.63, 3.8) is 0 Å². The molecule has 2 fully saturated rings. The number of likely N-dealkylation sites (tertiary alicyclic amines) is 1. The van der Waals surface area contributed by atoms with Crippen molar-refractivity contribution in [2.45, 2.75) is 44.9 Å². The number of ether oxygens (including phenoxy) is 2. The van der Waals surface area contributed by atoms with Crippen molar-refractivity contribution in [3.05, 3.63) is 23.8 Å². The summed E-state index contributed by atoms with van der Waals surface area (Å²) in [5.41, 5.74) is 0.931. The second kappa shape index (κ2) is 9.30. The first-order valence-electron chi connectivity index (χ1n) is 10.4. The fourth-order valence-corrected chi connectivity index (χ4v) is 4.50. The molecule has 1 aromatic carbocycles. The molecular weight excluding hydrogens is 356 g/mol. The molecule has 1 aliphatic heterocycles. The van der Waals surface area contributed by atoms with Gasteiger partial charge in [-0.15, -0.1) is 0 Å². The summed E-state index contributed by atoms with van der Waals surface area (Å²) in [6.07, 6.45) is 5.07. The first-order chi connectivity index (χ1) is 13.6. The zero-order chi connectivity index (χ0) is 20.1. The number of hydrogen-bond acceptors (Lipinski definition) is 4. The quantitative estimate of drug-likeness (QED) is 0.780. The Kier molecular flexibility index (Phi) is 6.81. The monoisotopic (exact) mass is 388 g/mol. The van der Waals surface area contributed by atoms with Crippen LogP contribution in [0.1, 0.15) is 50.5 Å². The van der Waals surface area contributed by atoms with Crippen molar-refractivity contribution in [1.82, 2.24) is 10.2 Å². The molecule has 6 nitrogen and oxygen atoms in total. The number of rotatable bonds is 7. The van der Waals surface area contributed by atoms with E-state index in [-0.39, 0.29) is 29.6 Å². The van der Waals surface area contributed by atoms with E-state index in [9.17, 15) is 9.59 Å². The van der Waals surface area contributed by atoms with Gasteiger partial charge in [-0.05, 0) is 37.5 Å². The van der Waals surface area contributed by atoms with Crippen LogP contribution in [-0.2, 0) is 9.59 Å². The molecule has 3 rings (SSSR count). The zero-order valence-corrected chi connectivity index (χ0v) is 17.2. The molecule has 6 heteroatoms. The number of methoxy groups -OCH3 is 2. The Labute approximate surface area is 167 Å². The Morgan fingerprint density at radius 2 is 1.89 bits per heavy atom. The van der Waals surface area contributed by atoms with Gasteiger partial charge in [0.05, 0.1) is 20.1 Å². The average molecular weight is 389 g/mol. The van der Waals surface area contributed by atoms with E-state index in [4.69, 9.17) is 9.47 Å². The third-order valence-corrected chi connectivity index (χ3v) is 6.06. The summed E-state index contributed by atoms with van der Waals surface area (Å²) >= 11 is 0. The molecule has 1 saturated carbocycles. The topological polar surface area (TPSA) is 67.9 Å². The van der Waals surface area contributed by atoms with Crippen LogP contribution in [-0.4, -0.2) is 50.6 Å². The molecule has 0 spiro atoms.